The number of hydrogen-bond donors (Lipinski definition) is 3. The van der Waals surface area contributed by atoms with Crippen molar-refractivity contribution in [2.45, 2.75) is 6.42 Å². The maximum absolute atomic E-state index is 11.9. The Balaban J connectivity index is 1.79. The van der Waals surface area contributed by atoms with Crippen molar-refractivity contribution in [3.05, 3.63) is 64.1 Å². The normalized spacial score (nSPS) is 10.0. The molecule has 22 heavy (non-hydrogen) atoms. The van der Waals surface area contributed by atoms with Crippen LogP contribution >= 0.6 is 15.9 Å². The number of nitrogen functional groups attached to an aromatic ring is 1. The van der Waals surface area contributed by atoms with Gasteiger partial charge in [-0.15, -0.1) is 0 Å². The minimum absolute atomic E-state index is 0.283. The topological polar surface area (TPSA) is 84.2 Å². The van der Waals surface area contributed by atoms with Crippen LogP contribution in [0, 0.1) is 0 Å². The summed E-state index contributed by atoms with van der Waals surface area (Å²) in [5.74, 6) is -0.515. The van der Waals surface area contributed by atoms with Gasteiger partial charge in [0, 0.05) is 16.7 Å². The van der Waals surface area contributed by atoms with Gasteiger partial charge in [-0.2, -0.15) is 0 Å². The summed E-state index contributed by atoms with van der Waals surface area (Å²) in [6.45, 7) is 0.436. The number of nitrogens with one attached hydrogen (secondary N) is 2. The van der Waals surface area contributed by atoms with E-state index in [0.29, 0.717) is 18.7 Å². The monoisotopic (exact) mass is 361 g/mol. The Morgan fingerprint density at radius 1 is 1.05 bits per heavy atom. The molecule has 0 spiro atoms. The van der Waals surface area contributed by atoms with E-state index in [2.05, 4.69) is 26.6 Å². The van der Waals surface area contributed by atoms with Gasteiger partial charge in [-0.25, -0.2) is 4.79 Å². The first-order valence-electron chi connectivity index (χ1n) is 6.74. The minimum atomic E-state index is -0.537. The fourth-order valence-corrected chi connectivity index (χ4v) is 2.15. The van der Waals surface area contributed by atoms with Crippen molar-refractivity contribution in [2.24, 2.45) is 0 Å². The van der Waals surface area contributed by atoms with Crippen molar-refractivity contribution in [2.75, 3.05) is 12.3 Å². The van der Waals surface area contributed by atoms with E-state index in [1.807, 2.05) is 24.3 Å². The maximum atomic E-state index is 11.9. The number of benzene rings is 2. The Kier molecular flexibility index (Phi) is 5.55. The van der Waals surface area contributed by atoms with E-state index in [-0.39, 0.29) is 5.56 Å². The second kappa shape index (κ2) is 7.61. The summed E-state index contributed by atoms with van der Waals surface area (Å²) >= 11 is 3.36. The lowest BCUT2D eigenvalue weighted by Crippen LogP contribution is -2.40. The molecule has 2 aromatic carbocycles. The predicted molar refractivity (Wildman–Crippen MR) is 89.6 cm³/mol. The summed E-state index contributed by atoms with van der Waals surface area (Å²) in [7, 11) is 0. The molecule has 0 bridgehead atoms. The smallest absolute Gasteiger partial charge is 0.321 e. The largest absolute Gasteiger partial charge is 0.398 e. The van der Waals surface area contributed by atoms with Crippen LogP contribution in [-0.2, 0) is 6.42 Å². The highest BCUT2D eigenvalue weighted by molar-refractivity contribution is 9.10. The van der Waals surface area contributed by atoms with Gasteiger partial charge in [0.25, 0.3) is 5.91 Å². The van der Waals surface area contributed by atoms with E-state index in [4.69, 9.17) is 5.73 Å². The molecule has 114 valence electrons. The van der Waals surface area contributed by atoms with Gasteiger partial charge < -0.3 is 11.1 Å². The highest BCUT2D eigenvalue weighted by Gasteiger charge is 2.11. The van der Waals surface area contributed by atoms with E-state index >= 15 is 0 Å². The van der Waals surface area contributed by atoms with Crippen LogP contribution in [0.15, 0.2) is 53.0 Å². The molecule has 2 rings (SSSR count). The van der Waals surface area contributed by atoms with Crippen molar-refractivity contribution < 1.29 is 9.59 Å². The minimum Gasteiger partial charge on any atom is -0.398 e. The van der Waals surface area contributed by atoms with Gasteiger partial charge in [-0.05, 0) is 36.2 Å². The summed E-state index contributed by atoms with van der Waals surface area (Å²) < 4.78 is 1.01. The number of imide groups is 1. The molecule has 0 fully saturated rings. The fourth-order valence-electron chi connectivity index (χ4n) is 1.89. The quantitative estimate of drug-likeness (QED) is 0.732. The lowest BCUT2D eigenvalue weighted by Gasteiger charge is -2.08. The molecule has 0 aliphatic heterocycles. The number of carbonyl (C=O) groups is 2. The van der Waals surface area contributed by atoms with Crippen LogP contribution in [0.3, 0.4) is 0 Å². The lowest BCUT2D eigenvalue weighted by atomic mass is 10.1. The molecule has 0 heterocycles. The fraction of sp³-hybridized carbons (Fsp3) is 0.125. The Morgan fingerprint density at radius 2 is 1.73 bits per heavy atom. The van der Waals surface area contributed by atoms with Gasteiger partial charge >= 0.3 is 6.03 Å². The van der Waals surface area contributed by atoms with Gasteiger partial charge in [0.2, 0.25) is 0 Å². The second-order valence-electron chi connectivity index (χ2n) is 4.67. The highest BCUT2D eigenvalue weighted by Crippen LogP contribution is 2.11. The number of rotatable bonds is 4. The number of hydrogen-bond acceptors (Lipinski definition) is 3. The highest BCUT2D eigenvalue weighted by atomic mass is 79.9. The van der Waals surface area contributed by atoms with Crippen LogP contribution in [-0.4, -0.2) is 18.5 Å². The molecular formula is C16H16BrN3O2. The Labute approximate surface area is 137 Å². The number of halogens is 1. The summed E-state index contributed by atoms with van der Waals surface area (Å²) in [6.07, 6.45) is 0.683. The molecule has 4 N–H and O–H groups in total. The standard InChI is InChI=1S/C16H16BrN3O2/c17-12-7-5-11(6-8-12)9-10-19-16(22)20-15(21)13-3-1-2-4-14(13)18/h1-8H,9-10,18H2,(H2,19,20,21,22). The average Bonchev–Trinajstić information content (AvgIpc) is 2.49. The van der Waals surface area contributed by atoms with Crippen molar-refractivity contribution in [3.63, 3.8) is 0 Å². The number of anilines is 1. The van der Waals surface area contributed by atoms with E-state index < -0.39 is 11.9 Å². The molecule has 0 atom stereocenters. The summed E-state index contributed by atoms with van der Waals surface area (Å²) in [5, 5.41) is 4.90. The first-order valence-corrected chi connectivity index (χ1v) is 7.53. The predicted octanol–water partition coefficient (Wildman–Crippen LogP) is 2.71. The van der Waals surface area contributed by atoms with Crippen LogP contribution in [0.25, 0.3) is 0 Å². The zero-order valence-corrected chi connectivity index (χ0v) is 13.4. The zero-order valence-electron chi connectivity index (χ0n) is 11.8. The number of para-hydroxylation sites is 1. The molecule has 0 saturated carbocycles. The first kappa shape index (κ1) is 16.0. The summed E-state index contributed by atoms with van der Waals surface area (Å²) in [4.78, 5) is 23.6. The number of carbonyl (C=O) groups excluding carboxylic acids is 2. The molecule has 0 saturated heterocycles. The number of amides is 3. The van der Waals surface area contributed by atoms with Crippen LogP contribution < -0.4 is 16.4 Å². The SMILES string of the molecule is Nc1ccccc1C(=O)NC(=O)NCCc1ccc(Br)cc1. The van der Waals surface area contributed by atoms with Gasteiger partial charge in [0.05, 0.1) is 5.56 Å². The van der Waals surface area contributed by atoms with Crippen LogP contribution in [0.1, 0.15) is 15.9 Å². The number of urea groups is 1. The van der Waals surface area contributed by atoms with E-state index in [0.717, 1.165) is 10.0 Å². The van der Waals surface area contributed by atoms with Gasteiger partial charge in [0.15, 0.2) is 0 Å². The van der Waals surface area contributed by atoms with Gasteiger partial charge in [-0.1, -0.05) is 40.2 Å². The lowest BCUT2D eigenvalue weighted by molar-refractivity contribution is 0.0965. The van der Waals surface area contributed by atoms with E-state index in [1.54, 1.807) is 24.3 Å². The second-order valence-corrected chi connectivity index (χ2v) is 5.59. The summed E-state index contributed by atoms with van der Waals surface area (Å²) in [5.41, 5.74) is 7.41. The average molecular weight is 362 g/mol. The molecule has 5 nitrogen and oxygen atoms in total. The van der Waals surface area contributed by atoms with Crippen LogP contribution in [0.5, 0.6) is 0 Å². The Bertz CT molecular complexity index is 671. The van der Waals surface area contributed by atoms with Crippen molar-refractivity contribution in [1.82, 2.24) is 10.6 Å². The Morgan fingerprint density at radius 3 is 2.41 bits per heavy atom. The van der Waals surface area contributed by atoms with Crippen molar-refractivity contribution in [1.29, 1.82) is 0 Å². The molecule has 0 aliphatic rings. The van der Waals surface area contributed by atoms with E-state index in [1.165, 1.54) is 0 Å². The summed E-state index contributed by atoms with van der Waals surface area (Å²) in [6, 6.07) is 13.9. The molecule has 3 amide bonds. The van der Waals surface area contributed by atoms with Gasteiger partial charge in [0.1, 0.15) is 0 Å². The molecular weight excluding hydrogens is 346 g/mol. The van der Waals surface area contributed by atoms with Gasteiger partial charge in [-0.3, -0.25) is 10.1 Å². The molecule has 0 radical (unpaired) electrons. The Hall–Kier alpha value is -2.34. The van der Waals surface area contributed by atoms with Crippen LogP contribution in [0.2, 0.25) is 0 Å². The van der Waals surface area contributed by atoms with Crippen molar-refractivity contribution in [3.8, 4) is 0 Å². The third kappa shape index (κ3) is 4.60. The van der Waals surface area contributed by atoms with Crippen LogP contribution in [0.4, 0.5) is 10.5 Å². The maximum Gasteiger partial charge on any atom is 0.321 e. The first-order chi connectivity index (χ1) is 10.6. The van der Waals surface area contributed by atoms with E-state index in [9.17, 15) is 9.59 Å². The molecule has 0 aliphatic carbocycles. The molecule has 6 heteroatoms. The van der Waals surface area contributed by atoms with Crippen molar-refractivity contribution >= 4 is 33.6 Å². The molecule has 0 aromatic heterocycles. The third-order valence-electron chi connectivity index (χ3n) is 3.04. The molecule has 0 unspecified atom stereocenters. The molecule has 2 aromatic rings. The zero-order chi connectivity index (χ0) is 15.9. The number of nitrogens with two attached hydrogens (primary N) is 1. The third-order valence-corrected chi connectivity index (χ3v) is 3.57.